The van der Waals surface area contributed by atoms with E-state index in [4.69, 9.17) is 27.5 Å². The maximum absolute atomic E-state index is 11.2. The summed E-state index contributed by atoms with van der Waals surface area (Å²) in [5.41, 5.74) is 5.94. The van der Waals surface area contributed by atoms with E-state index in [0.717, 1.165) is 0 Å². The minimum Gasteiger partial charge on any atom is -0.478 e. The lowest BCUT2D eigenvalue weighted by Gasteiger charge is -2.08. The lowest BCUT2D eigenvalue weighted by molar-refractivity contribution is 0.0687. The molecule has 0 radical (unpaired) electrons. The molecule has 0 aliphatic carbocycles. The minimum absolute atomic E-state index is 0.0591. The van der Waals surface area contributed by atoms with Crippen LogP contribution in [0, 0.1) is 0 Å². The van der Waals surface area contributed by atoms with Crippen molar-refractivity contribution in [2.24, 2.45) is 0 Å². The van der Waals surface area contributed by atoms with Gasteiger partial charge in [-0.1, -0.05) is 17.7 Å². The molecule has 0 aliphatic rings. The zero-order valence-corrected chi connectivity index (χ0v) is 10.8. The average molecular weight is 293 g/mol. The summed E-state index contributed by atoms with van der Waals surface area (Å²) in [5.74, 6) is -2.31. The van der Waals surface area contributed by atoms with E-state index in [1.807, 2.05) is 0 Å². The number of halogens is 1. The SMILES string of the molecule is Nc1cc(C(=O)O)c(-c2ccc(Cl)c(C(=O)O)c2)cn1. The summed E-state index contributed by atoms with van der Waals surface area (Å²) >= 11 is 5.77. The van der Waals surface area contributed by atoms with Crippen LogP contribution in [0.4, 0.5) is 5.82 Å². The van der Waals surface area contributed by atoms with Gasteiger partial charge < -0.3 is 15.9 Å². The first-order valence-corrected chi connectivity index (χ1v) is 5.80. The first-order chi connectivity index (χ1) is 9.40. The Hall–Kier alpha value is -2.60. The van der Waals surface area contributed by atoms with Crippen molar-refractivity contribution in [1.82, 2.24) is 4.98 Å². The van der Waals surface area contributed by atoms with E-state index in [0.29, 0.717) is 5.56 Å². The van der Waals surface area contributed by atoms with Crippen molar-refractivity contribution in [1.29, 1.82) is 0 Å². The van der Waals surface area contributed by atoms with Gasteiger partial charge in [0.05, 0.1) is 16.1 Å². The lowest BCUT2D eigenvalue weighted by Crippen LogP contribution is -2.04. The van der Waals surface area contributed by atoms with Gasteiger partial charge in [0.25, 0.3) is 0 Å². The highest BCUT2D eigenvalue weighted by Crippen LogP contribution is 2.28. The number of aromatic carboxylic acids is 2. The number of pyridine rings is 1. The summed E-state index contributed by atoms with van der Waals surface area (Å²) in [6, 6.07) is 5.42. The molecule has 0 bridgehead atoms. The van der Waals surface area contributed by atoms with Crippen LogP contribution in [0.1, 0.15) is 20.7 Å². The largest absolute Gasteiger partial charge is 0.478 e. The Morgan fingerprint density at radius 2 is 1.75 bits per heavy atom. The molecule has 0 aliphatic heterocycles. The van der Waals surface area contributed by atoms with Gasteiger partial charge in [-0.15, -0.1) is 0 Å². The van der Waals surface area contributed by atoms with Crippen LogP contribution in [-0.4, -0.2) is 27.1 Å². The Kier molecular flexibility index (Phi) is 3.58. The third-order valence-corrected chi connectivity index (χ3v) is 2.99. The van der Waals surface area contributed by atoms with Gasteiger partial charge in [0, 0.05) is 11.8 Å². The van der Waals surface area contributed by atoms with E-state index >= 15 is 0 Å². The van der Waals surface area contributed by atoms with E-state index in [1.165, 1.54) is 30.5 Å². The van der Waals surface area contributed by atoms with Crippen LogP contribution in [0.15, 0.2) is 30.5 Å². The van der Waals surface area contributed by atoms with Crippen LogP contribution in [0.3, 0.4) is 0 Å². The molecule has 0 fully saturated rings. The first kappa shape index (κ1) is 13.8. The first-order valence-electron chi connectivity index (χ1n) is 5.42. The molecule has 20 heavy (non-hydrogen) atoms. The normalized spacial score (nSPS) is 10.2. The number of benzene rings is 1. The van der Waals surface area contributed by atoms with Gasteiger partial charge in [0.15, 0.2) is 0 Å². The van der Waals surface area contributed by atoms with Crippen LogP contribution in [0.2, 0.25) is 5.02 Å². The Morgan fingerprint density at radius 1 is 1.10 bits per heavy atom. The standard InChI is InChI=1S/C13H9ClN2O4/c14-10-2-1-6(3-8(10)13(19)20)9-5-16-11(15)4-7(9)12(17)18/h1-5H,(H2,15,16)(H,17,18)(H,19,20). The minimum atomic E-state index is -1.20. The van der Waals surface area contributed by atoms with Gasteiger partial charge in [-0.05, 0) is 23.8 Å². The summed E-state index contributed by atoms with van der Waals surface area (Å²) in [5, 5.41) is 18.3. The molecule has 0 amide bonds. The summed E-state index contributed by atoms with van der Waals surface area (Å²) < 4.78 is 0. The van der Waals surface area contributed by atoms with Crippen molar-refractivity contribution < 1.29 is 19.8 Å². The number of anilines is 1. The smallest absolute Gasteiger partial charge is 0.337 e. The van der Waals surface area contributed by atoms with Crippen molar-refractivity contribution in [3.63, 3.8) is 0 Å². The Balaban J connectivity index is 2.66. The summed E-state index contributed by atoms with van der Waals surface area (Å²) in [7, 11) is 0. The number of nitrogen functional groups attached to an aromatic ring is 1. The third-order valence-electron chi connectivity index (χ3n) is 2.66. The van der Waals surface area contributed by atoms with Crippen LogP contribution in [0.25, 0.3) is 11.1 Å². The topological polar surface area (TPSA) is 114 Å². The van der Waals surface area contributed by atoms with Crippen LogP contribution < -0.4 is 5.73 Å². The summed E-state index contributed by atoms with van der Waals surface area (Å²) in [4.78, 5) is 26.1. The van der Waals surface area contributed by atoms with Crippen LogP contribution in [0.5, 0.6) is 0 Å². The molecule has 1 heterocycles. The van der Waals surface area contributed by atoms with Crippen molar-refractivity contribution >= 4 is 29.4 Å². The van der Waals surface area contributed by atoms with Gasteiger partial charge in [0.2, 0.25) is 0 Å². The van der Waals surface area contributed by atoms with Gasteiger partial charge in [0.1, 0.15) is 5.82 Å². The molecule has 0 unspecified atom stereocenters. The van der Waals surface area contributed by atoms with Gasteiger partial charge in [-0.2, -0.15) is 0 Å². The molecular weight excluding hydrogens is 284 g/mol. The molecule has 2 aromatic rings. The molecular formula is C13H9ClN2O4. The van der Waals surface area contributed by atoms with E-state index in [9.17, 15) is 9.59 Å². The summed E-state index contributed by atoms with van der Waals surface area (Å²) in [6.45, 7) is 0. The molecule has 0 atom stereocenters. The molecule has 4 N–H and O–H groups in total. The highest BCUT2D eigenvalue weighted by molar-refractivity contribution is 6.33. The van der Waals surface area contributed by atoms with Gasteiger partial charge in [-0.3, -0.25) is 0 Å². The quantitative estimate of drug-likeness (QED) is 0.800. The van der Waals surface area contributed by atoms with Crippen molar-refractivity contribution in [3.8, 4) is 11.1 Å². The third kappa shape index (κ3) is 2.55. The predicted molar refractivity (Wildman–Crippen MR) is 73.0 cm³/mol. The number of hydrogen-bond acceptors (Lipinski definition) is 4. The zero-order chi connectivity index (χ0) is 14.9. The number of carboxylic acid groups (broad SMARTS) is 2. The van der Waals surface area contributed by atoms with Gasteiger partial charge >= 0.3 is 11.9 Å². The highest BCUT2D eigenvalue weighted by atomic mass is 35.5. The molecule has 2 rings (SSSR count). The zero-order valence-electron chi connectivity index (χ0n) is 10.0. The van der Waals surface area contributed by atoms with Crippen molar-refractivity contribution in [3.05, 3.63) is 46.6 Å². The Bertz CT molecular complexity index is 716. The second kappa shape index (κ2) is 5.18. The number of carbonyl (C=O) groups is 2. The number of rotatable bonds is 3. The maximum Gasteiger partial charge on any atom is 0.337 e. The van der Waals surface area contributed by atoms with E-state index < -0.39 is 11.9 Å². The average Bonchev–Trinajstić information content (AvgIpc) is 2.39. The fraction of sp³-hybridized carbons (Fsp3) is 0. The Morgan fingerprint density at radius 3 is 2.35 bits per heavy atom. The van der Waals surface area contributed by atoms with Crippen molar-refractivity contribution in [2.75, 3.05) is 5.73 Å². The second-order valence-electron chi connectivity index (χ2n) is 3.96. The number of carboxylic acids is 2. The second-order valence-corrected chi connectivity index (χ2v) is 4.37. The number of aromatic nitrogens is 1. The molecule has 0 saturated carbocycles. The predicted octanol–water partition coefficient (Wildman–Crippen LogP) is 2.38. The monoisotopic (exact) mass is 292 g/mol. The van der Waals surface area contributed by atoms with Gasteiger partial charge in [-0.25, -0.2) is 14.6 Å². The maximum atomic E-state index is 11.2. The fourth-order valence-corrected chi connectivity index (χ4v) is 1.93. The highest BCUT2D eigenvalue weighted by Gasteiger charge is 2.16. The molecule has 7 heteroatoms. The molecule has 0 saturated heterocycles. The van der Waals surface area contributed by atoms with E-state index in [1.54, 1.807) is 0 Å². The number of nitrogens with zero attached hydrogens (tertiary/aromatic N) is 1. The van der Waals surface area contributed by atoms with E-state index in [2.05, 4.69) is 4.98 Å². The summed E-state index contributed by atoms with van der Waals surface area (Å²) in [6.07, 6.45) is 1.29. The van der Waals surface area contributed by atoms with E-state index in [-0.39, 0.29) is 27.5 Å². The Labute approximate surface area is 118 Å². The molecule has 1 aromatic carbocycles. The number of hydrogen-bond donors (Lipinski definition) is 3. The molecule has 6 nitrogen and oxygen atoms in total. The van der Waals surface area contributed by atoms with Crippen LogP contribution in [-0.2, 0) is 0 Å². The molecule has 0 spiro atoms. The molecule has 1 aromatic heterocycles. The van der Waals surface area contributed by atoms with Crippen LogP contribution >= 0.6 is 11.6 Å². The molecule has 102 valence electrons. The van der Waals surface area contributed by atoms with Crippen molar-refractivity contribution in [2.45, 2.75) is 0 Å². The fourth-order valence-electron chi connectivity index (χ4n) is 1.74. The number of nitrogens with two attached hydrogens (primary N) is 1. The lowest BCUT2D eigenvalue weighted by atomic mass is 10.00.